The van der Waals surface area contributed by atoms with E-state index in [4.69, 9.17) is 0 Å². The summed E-state index contributed by atoms with van der Waals surface area (Å²) in [7, 11) is 3.61. The van der Waals surface area contributed by atoms with Gasteiger partial charge in [-0.25, -0.2) is 5.01 Å². The molecule has 0 bridgehead atoms. The van der Waals surface area contributed by atoms with Gasteiger partial charge in [-0.15, -0.1) is 11.8 Å². The summed E-state index contributed by atoms with van der Waals surface area (Å²) < 4.78 is 0. The molecule has 3 nitrogen and oxygen atoms in total. The average molecular weight is 224 g/mol. The maximum atomic E-state index is 11.6. The molecule has 0 unspecified atom stereocenters. The molecule has 0 heterocycles. The Bertz CT molecular complexity index is 314. The zero-order valence-corrected chi connectivity index (χ0v) is 10.0. The molecule has 0 aromatic heterocycles. The maximum absolute atomic E-state index is 11.6. The molecule has 0 spiro atoms. The van der Waals surface area contributed by atoms with Crippen LogP contribution in [0.15, 0.2) is 35.2 Å². The van der Waals surface area contributed by atoms with Gasteiger partial charge in [0.05, 0.1) is 5.25 Å². The van der Waals surface area contributed by atoms with E-state index in [9.17, 15) is 4.79 Å². The van der Waals surface area contributed by atoms with E-state index in [0.717, 1.165) is 4.90 Å². The summed E-state index contributed by atoms with van der Waals surface area (Å²) in [6, 6.07) is 9.92. The Kier molecular flexibility index (Phi) is 4.65. The van der Waals surface area contributed by atoms with E-state index in [1.807, 2.05) is 37.3 Å². The smallest absolute Gasteiger partial charge is 0.247 e. The average Bonchev–Trinajstić information content (AvgIpc) is 2.18. The highest BCUT2D eigenvalue weighted by Crippen LogP contribution is 2.22. The van der Waals surface area contributed by atoms with Gasteiger partial charge in [-0.1, -0.05) is 18.2 Å². The highest BCUT2D eigenvalue weighted by atomic mass is 32.2. The summed E-state index contributed by atoms with van der Waals surface area (Å²) in [5.41, 5.74) is 2.74. The van der Waals surface area contributed by atoms with Crippen molar-refractivity contribution in [1.29, 1.82) is 0 Å². The van der Waals surface area contributed by atoms with Crippen LogP contribution in [0.1, 0.15) is 6.92 Å². The minimum absolute atomic E-state index is 0.0221. The summed E-state index contributed by atoms with van der Waals surface area (Å²) in [5, 5.41) is 1.57. The van der Waals surface area contributed by atoms with Crippen molar-refractivity contribution in [3.8, 4) is 0 Å². The SMILES string of the molecule is C[C@@H](Sc1ccccc1)C(=O)NN(C)C. The van der Waals surface area contributed by atoms with Gasteiger partial charge in [-0.3, -0.25) is 10.2 Å². The van der Waals surface area contributed by atoms with Crippen LogP contribution >= 0.6 is 11.8 Å². The number of nitrogens with zero attached hydrogens (tertiary/aromatic N) is 1. The van der Waals surface area contributed by atoms with Crippen LogP contribution in [0.25, 0.3) is 0 Å². The van der Waals surface area contributed by atoms with Gasteiger partial charge in [0.15, 0.2) is 0 Å². The van der Waals surface area contributed by atoms with Gasteiger partial charge in [-0.2, -0.15) is 0 Å². The van der Waals surface area contributed by atoms with Gasteiger partial charge >= 0.3 is 0 Å². The molecular weight excluding hydrogens is 208 g/mol. The summed E-state index contributed by atoms with van der Waals surface area (Å²) in [6.45, 7) is 1.90. The normalized spacial score (nSPS) is 12.5. The number of thioether (sulfide) groups is 1. The van der Waals surface area contributed by atoms with Gasteiger partial charge in [-0.05, 0) is 19.1 Å². The molecule has 0 aliphatic rings. The van der Waals surface area contributed by atoms with Crippen LogP contribution in [0, 0.1) is 0 Å². The molecule has 1 amide bonds. The summed E-state index contributed by atoms with van der Waals surface area (Å²) in [5.74, 6) is 0.0221. The van der Waals surface area contributed by atoms with E-state index in [1.165, 1.54) is 0 Å². The molecule has 0 radical (unpaired) electrons. The van der Waals surface area contributed by atoms with Crippen molar-refractivity contribution in [2.75, 3.05) is 14.1 Å². The van der Waals surface area contributed by atoms with Crippen molar-refractivity contribution in [2.45, 2.75) is 17.1 Å². The molecule has 4 heteroatoms. The minimum atomic E-state index is -0.0881. The van der Waals surface area contributed by atoms with Crippen molar-refractivity contribution in [3.63, 3.8) is 0 Å². The van der Waals surface area contributed by atoms with Crippen molar-refractivity contribution in [3.05, 3.63) is 30.3 Å². The van der Waals surface area contributed by atoms with Crippen molar-refractivity contribution in [2.24, 2.45) is 0 Å². The highest BCUT2D eigenvalue weighted by molar-refractivity contribution is 8.00. The fourth-order valence-electron chi connectivity index (χ4n) is 1.07. The number of hydrogen-bond donors (Lipinski definition) is 1. The number of carbonyl (C=O) groups is 1. The molecule has 0 saturated carbocycles. The number of nitrogens with one attached hydrogen (secondary N) is 1. The lowest BCUT2D eigenvalue weighted by atomic mass is 10.4. The van der Waals surface area contributed by atoms with Gasteiger partial charge in [0.2, 0.25) is 5.91 Å². The second-order valence-electron chi connectivity index (χ2n) is 3.44. The van der Waals surface area contributed by atoms with Crippen LogP contribution in [0.5, 0.6) is 0 Å². The quantitative estimate of drug-likeness (QED) is 0.625. The van der Waals surface area contributed by atoms with E-state index in [1.54, 1.807) is 30.9 Å². The van der Waals surface area contributed by atoms with Crippen LogP contribution < -0.4 is 5.43 Å². The lowest BCUT2D eigenvalue weighted by Crippen LogP contribution is -2.40. The second kappa shape index (κ2) is 5.78. The summed E-state index contributed by atoms with van der Waals surface area (Å²) in [6.07, 6.45) is 0. The molecule has 1 rings (SSSR count). The fraction of sp³-hybridized carbons (Fsp3) is 0.364. The number of hydrazine groups is 1. The number of carbonyl (C=O) groups excluding carboxylic acids is 1. The molecule has 0 aliphatic carbocycles. The topological polar surface area (TPSA) is 32.3 Å². The Balaban J connectivity index is 2.49. The fourth-order valence-corrected chi connectivity index (χ4v) is 1.95. The third kappa shape index (κ3) is 4.36. The van der Waals surface area contributed by atoms with Crippen LogP contribution in [-0.2, 0) is 4.79 Å². The van der Waals surface area contributed by atoms with Crippen LogP contribution in [-0.4, -0.2) is 30.3 Å². The van der Waals surface area contributed by atoms with Crippen LogP contribution in [0.3, 0.4) is 0 Å². The van der Waals surface area contributed by atoms with E-state index in [-0.39, 0.29) is 11.2 Å². The summed E-state index contributed by atoms with van der Waals surface area (Å²) in [4.78, 5) is 12.7. The van der Waals surface area contributed by atoms with Crippen molar-refractivity contribution < 1.29 is 4.79 Å². The van der Waals surface area contributed by atoms with E-state index >= 15 is 0 Å². The zero-order valence-electron chi connectivity index (χ0n) is 9.23. The lowest BCUT2D eigenvalue weighted by Gasteiger charge is -2.16. The maximum Gasteiger partial charge on any atom is 0.247 e. The van der Waals surface area contributed by atoms with E-state index < -0.39 is 0 Å². The largest absolute Gasteiger partial charge is 0.288 e. The molecule has 1 aromatic carbocycles. The van der Waals surface area contributed by atoms with Gasteiger partial charge in [0.25, 0.3) is 0 Å². The molecule has 1 atom stereocenters. The lowest BCUT2D eigenvalue weighted by molar-refractivity contribution is -0.123. The Morgan fingerprint density at radius 2 is 1.93 bits per heavy atom. The Hall–Kier alpha value is -1.00. The van der Waals surface area contributed by atoms with Gasteiger partial charge in [0.1, 0.15) is 0 Å². The van der Waals surface area contributed by atoms with Gasteiger partial charge in [0, 0.05) is 19.0 Å². The van der Waals surface area contributed by atoms with Gasteiger partial charge < -0.3 is 0 Å². The standard InChI is InChI=1S/C11H16N2OS/c1-9(11(14)12-13(2)3)15-10-7-5-4-6-8-10/h4-9H,1-3H3,(H,12,14)/t9-/m1/s1. The molecule has 0 aliphatic heterocycles. The molecule has 82 valence electrons. The molecule has 0 saturated heterocycles. The van der Waals surface area contributed by atoms with Crippen molar-refractivity contribution >= 4 is 17.7 Å². The first-order chi connectivity index (χ1) is 7.09. The zero-order chi connectivity index (χ0) is 11.3. The van der Waals surface area contributed by atoms with Crippen LogP contribution in [0.2, 0.25) is 0 Å². The number of rotatable bonds is 4. The Morgan fingerprint density at radius 1 is 1.33 bits per heavy atom. The first-order valence-electron chi connectivity index (χ1n) is 4.79. The third-order valence-electron chi connectivity index (χ3n) is 1.76. The third-order valence-corrected chi connectivity index (χ3v) is 2.87. The highest BCUT2D eigenvalue weighted by Gasteiger charge is 2.14. The van der Waals surface area contributed by atoms with E-state index in [0.29, 0.717) is 0 Å². The predicted octanol–water partition coefficient (Wildman–Crippen LogP) is 1.76. The van der Waals surface area contributed by atoms with E-state index in [2.05, 4.69) is 5.43 Å². The molecule has 15 heavy (non-hydrogen) atoms. The first-order valence-corrected chi connectivity index (χ1v) is 5.67. The molecular formula is C11H16N2OS. The van der Waals surface area contributed by atoms with Crippen LogP contribution in [0.4, 0.5) is 0 Å². The molecule has 0 fully saturated rings. The number of benzene rings is 1. The Morgan fingerprint density at radius 3 is 2.47 bits per heavy atom. The number of hydrogen-bond acceptors (Lipinski definition) is 3. The van der Waals surface area contributed by atoms with Crippen molar-refractivity contribution in [1.82, 2.24) is 10.4 Å². The molecule has 1 aromatic rings. The predicted molar refractivity (Wildman–Crippen MR) is 63.6 cm³/mol. The monoisotopic (exact) mass is 224 g/mol. The minimum Gasteiger partial charge on any atom is -0.288 e. The number of amides is 1. The molecule has 1 N–H and O–H groups in total. The Labute approximate surface area is 94.8 Å². The first kappa shape index (κ1) is 12.1. The summed E-state index contributed by atoms with van der Waals surface area (Å²) >= 11 is 1.55. The second-order valence-corrected chi connectivity index (χ2v) is 4.86.